The molecule has 1 heteroatoms. The highest BCUT2D eigenvalue weighted by Gasteiger charge is 2.04. The van der Waals surface area contributed by atoms with Crippen molar-refractivity contribution in [2.75, 3.05) is 0 Å². The molecule has 0 aromatic carbocycles. The van der Waals surface area contributed by atoms with E-state index in [2.05, 4.69) is 34.3 Å². The Morgan fingerprint density at radius 2 is 2.22 bits per heavy atom. The lowest BCUT2D eigenvalue weighted by molar-refractivity contribution is 0.955. The zero-order valence-corrected chi connectivity index (χ0v) is 7.46. The maximum atomic E-state index is 3.56. The van der Waals surface area contributed by atoms with E-state index in [0.717, 1.165) is 6.42 Å². The fraction of sp³-hybridized carbons (Fsp3) is 0.500. The molecule has 0 amide bonds. The molecule has 0 aromatic rings. The highest BCUT2D eigenvalue weighted by Crippen LogP contribution is 2.12. The van der Waals surface area contributed by atoms with Crippen molar-refractivity contribution in [2.45, 2.75) is 24.6 Å². The molecule has 9 heavy (non-hydrogen) atoms. The molecule has 0 nitrogen and oxygen atoms in total. The van der Waals surface area contributed by atoms with Gasteiger partial charge in [-0.15, -0.1) is 6.58 Å². The average Bonchev–Trinajstić information content (AvgIpc) is 1.63. The third-order valence-corrected chi connectivity index (χ3v) is 0.830. The van der Waals surface area contributed by atoms with Crippen LogP contribution in [0.1, 0.15) is 20.3 Å². The third kappa shape index (κ3) is 7.78. The van der Waals surface area contributed by atoms with Gasteiger partial charge in [0.05, 0.1) is 4.32 Å². The van der Waals surface area contributed by atoms with Crippen LogP contribution in [0.3, 0.4) is 0 Å². The molecule has 0 aliphatic carbocycles. The maximum absolute atomic E-state index is 3.56. The van der Waals surface area contributed by atoms with Gasteiger partial charge >= 0.3 is 0 Å². The quantitative estimate of drug-likeness (QED) is 0.336. The molecule has 0 aliphatic heterocycles. The van der Waals surface area contributed by atoms with E-state index in [1.807, 2.05) is 13.8 Å². The summed E-state index contributed by atoms with van der Waals surface area (Å²) in [5, 5.41) is 0. The van der Waals surface area contributed by atoms with Crippen LogP contribution in [0.4, 0.5) is 0 Å². The summed E-state index contributed by atoms with van der Waals surface area (Å²) in [4.78, 5) is 0. The minimum atomic E-state index is -0.0456. The van der Waals surface area contributed by atoms with Crippen molar-refractivity contribution in [3.05, 3.63) is 12.7 Å². The second kappa shape index (κ2) is 3.74. The summed E-state index contributed by atoms with van der Waals surface area (Å²) < 4.78 is -0.0456. The lowest BCUT2D eigenvalue weighted by Gasteiger charge is -2.03. The second-order valence-electron chi connectivity index (χ2n) is 2.27. The fourth-order valence-electron chi connectivity index (χ4n) is 0.333. The summed E-state index contributed by atoms with van der Waals surface area (Å²) in [5.74, 6) is 5.98. The molecule has 0 rings (SSSR count). The molecule has 0 fully saturated rings. The van der Waals surface area contributed by atoms with Crippen molar-refractivity contribution in [3.8, 4) is 11.8 Å². The van der Waals surface area contributed by atoms with E-state index < -0.39 is 0 Å². The minimum absolute atomic E-state index is 0.0456. The lowest BCUT2D eigenvalue weighted by atomic mass is 10.2. The summed E-state index contributed by atoms with van der Waals surface area (Å²) in [6.07, 6.45) is 2.57. The summed E-state index contributed by atoms with van der Waals surface area (Å²) in [6, 6.07) is 0. The Morgan fingerprint density at radius 3 is 2.56 bits per heavy atom. The number of hydrogen-bond donors (Lipinski definition) is 0. The van der Waals surface area contributed by atoms with Gasteiger partial charge in [0.15, 0.2) is 0 Å². The van der Waals surface area contributed by atoms with Crippen LogP contribution in [-0.2, 0) is 0 Å². The SMILES string of the molecule is C=CCC#CC(C)(C)Br. The Labute approximate surface area is 65.5 Å². The Kier molecular flexibility index (Phi) is 3.65. The Hall–Kier alpha value is -0.220. The Bertz CT molecular complexity index is 140. The van der Waals surface area contributed by atoms with Crippen molar-refractivity contribution >= 4 is 15.9 Å². The van der Waals surface area contributed by atoms with Crippen LogP contribution in [-0.4, -0.2) is 4.32 Å². The van der Waals surface area contributed by atoms with Crippen LogP contribution in [0.5, 0.6) is 0 Å². The molecule has 0 N–H and O–H groups in total. The maximum Gasteiger partial charge on any atom is 0.0806 e. The van der Waals surface area contributed by atoms with Crippen LogP contribution < -0.4 is 0 Å². The first-order chi connectivity index (χ1) is 4.06. The summed E-state index contributed by atoms with van der Waals surface area (Å²) in [7, 11) is 0. The highest BCUT2D eigenvalue weighted by atomic mass is 79.9. The van der Waals surface area contributed by atoms with Gasteiger partial charge in [0.1, 0.15) is 0 Å². The van der Waals surface area contributed by atoms with E-state index in [1.165, 1.54) is 0 Å². The Morgan fingerprint density at radius 1 is 1.67 bits per heavy atom. The van der Waals surface area contributed by atoms with Crippen molar-refractivity contribution in [1.82, 2.24) is 0 Å². The van der Waals surface area contributed by atoms with Gasteiger partial charge in [-0.25, -0.2) is 0 Å². The first kappa shape index (κ1) is 8.78. The van der Waals surface area contributed by atoms with Crippen LogP contribution in [0.15, 0.2) is 12.7 Å². The highest BCUT2D eigenvalue weighted by molar-refractivity contribution is 9.10. The van der Waals surface area contributed by atoms with Crippen LogP contribution in [0.25, 0.3) is 0 Å². The predicted molar refractivity (Wildman–Crippen MR) is 45.6 cm³/mol. The average molecular weight is 187 g/mol. The van der Waals surface area contributed by atoms with E-state index in [4.69, 9.17) is 0 Å². The van der Waals surface area contributed by atoms with E-state index in [1.54, 1.807) is 6.08 Å². The van der Waals surface area contributed by atoms with Crippen molar-refractivity contribution in [2.24, 2.45) is 0 Å². The number of allylic oxidation sites excluding steroid dienone is 1. The molecule has 0 heterocycles. The number of alkyl halides is 1. The Balaban J connectivity index is 3.72. The van der Waals surface area contributed by atoms with Gasteiger partial charge in [-0.05, 0) is 13.8 Å². The van der Waals surface area contributed by atoms with Gasteiger partial charge in [-0.2, -0.15) is 0 Å². The number of rotatable bonds is 1. The summed E-state index contributed by atoms with van der Waals surface area (Å²) in [6.45, 7) is 7.60. The third-order valence-electron chi connectivity index (χ3n) is 0.632. The lowest BCUT2D eigenvalue weighted by Crippen LogP contribution is -2.03. The molecule has 0 atom stereocenters. The molecule has 0 aromatic heterocycles. The molecule has 0 unspecified atom stereocenters. The molecular weight excluding hydrogens is 176 g/mol. The van der Waals surface area contributed by atoms with Gasteiger partial charge in [-0.1, -0.05) is 33.8 Å². The summed E-state index contributed by atoms with van der Waals surface area (Å²) >= 11 is 3.40. The zero-order valence-electron chi connectivity index (χ0n) is 5.87. The molecule has 0 aliphatic rings. The summed E-state index contributed by atoms with van der Waals surface area (Å²) in [5.41, 5.74) is 0. The molecule has 50 valence electrons. The smallest absolute Gasteiger partial charge is 0.0806 e. The molecule has 0 bridgehead atoms. The first-order valence-corrected chi connectivity index (χ1v) is 3.65. The number of halogens is 1. The first-order valence-electron chi connectivity index (χ1n) is 2.86. The van der Waals surface area contributed by atoms with E-state index in [-0.39, 0.29) is 4.32 Å². The van der Waals surface area contributed by atoms with Gasteiger partial charge in [0, 0.05) is 6.42 Å². The number of hydrogen-bond acceptors (Lipinski definition) is 0. The molecule has 0 spiro atoms. The van der Waals surface area contributed by atoms with Crippen LogP contribution in [0, 0.1) is 11.8 Å². The van der Waals surface area contributed by atoms with Crippen molar-refractivity contribution in [3.63, 3.8) is 0 Å². The topological polar surface area (TPSA) is 0 Å². The predicted octanol–water partition coefficient (Wildman–Crippen LogP) is 2.74. The molecular formula is C8H11Br. The van der Waals surface area contributed by atoms with E-state index in [9.17, 15) is 0 Å². The zero-order chi connectivity index (χ0) is 7.33. The normalized spacial score (nSPS) is 9.67. The molecule has 0 radical (unpaired) electrons. The van der Waals surface area contributed by atoms with Gasteiger partial charge in [-0.3, -0.25) is 0 Å². The van der Waals surface area contributed by atoms with Crippen LogP contribution >= 0.6 is 15.9 Å². The molecule has 0 saturated carbocycles. The van der Waals surface area contributed by atoms with E-state index in [0.29, 0.717) is 0 Å². The van der Waals surface area contributed by atoms with Gasteiger partial charge in [0.2, 0.25) is 0 Å². The standard InChI is InChI=1S/C8H11Br/c1-4-5-6-7-8(2,3)9/h4H,1,5H2,2-3H3. The van der Waals surface area contributed by atoms with Crippen LogP contribution in [0.2, 0.25) is 0 Å². The molecule has 0 saturated heterocycles. The minimum Gasteiger partial charge on any atom is -0.102 e. The monoisotopic (exact) mass is 186 g/mol. The van der Waals surface area contributed by atoms with Gasteiger partial charge < -0.3 is 0 Å². The largest absolute Gasteiger partial charge is 0.102 e. The van der Waals surface area contributed by atoms with Crippen molar-refractivity contribution < 1.29 is 0 Å². The van der Waals surface area contributed by atoms with Gasteiger partial charge in [0.25, 0.3) is 0 Å². The second-order valence-corrected chi connectivity index (χ2v) is 4.25. The van der Waals surface area contributed by atoms with Crippen molar-refractivity contribution in [1.29, 1.82) is 0 Å². The fourth-order valence-corrected chi connectivity index (χ4v) is 0.474. The van der Waals surface area contributed by atoms with E-state index >= 15 is 0 Å².